The summed E-state index contributed by atoms with van der Waals surface area (Å²) in [7, 11) is -2.32. The molecular formula is C20H23ClN2O5S2. The van der Waals surface area contributed by atoms with Gasteiger partial charge in [-0.3, -0.25) is 4.79 Å². The lowest BCUT2D eigenvalue weighted by atomic mass is 9.97. The lowest BCUT2D eigenvalue weighted by molar-refractivity contribution is -0.120. The highest BCUT2D eigenvalue weighted by molar-refractivity contribution is 7.89. The van der Waals surface area contributed by atoms with Crippen molar-refractivity contribution in [2.75, 3.05) is 25.5 Å². The Balaban J connectivity index is 1.67. The van der Waals surface area contributed by atoms with Crippen molar-refractivity contribution in [3.63, 3.8) is 0 Å². The molecule has 0 aliphatic carbocycles. The number of halogens is 1. The fraction of sp³-hybridized carbons (Fsp3) is 0.400. The largest absolute Gasteiger partial charge is 0.465 e. The predicted octanol–water partition coefficient (Wildman–Crippen LogP) is 3.84. The molecule has 7 nitrogen and oxygen atoms in total. The van der Waals surface area contributed by atoms with Gasteiger partial charge in [-0.2, -0.15) is 4.31 Å². The van der Waals surface area contributed by atoms with Gasteiger partial charge in [-0.05, 0) is 56.5 Å². The Hall–Kier alpha value is -1.94. The summed E-state index contributed by atoms with van der Waals surface area (Å²) in [6.45, 7) is 4.18. The second kappa shape index (κ2) is 9.05. The summed E-state index contributed by atoms with van der Waals surface area (Å²) in [5, 5.41) is 3.78. The molecule has 1 fully saturated rings. The molecular weight excluding hydrogens is 448 g/mol. The number of aryl methyl sites for hydroxylation is 1. The zero-order valence-electron chi connectivity index (χ0n) is 16.9. The lowest BCUT2D eigenvalue weighted by Crippen LogP contribution is -2.41. The fourth-order valence-electron chi connectivity index (χ4n) is 3.39. The van der Waals surface area contributed by atoms with E-state index in [4.69, 9.17) is 16.3 Å². The average molecular weight is 471 g/mol. The normalized spacial score (nSPS) is 15.7. The van der Waals surface area contributed by atoms with E-state index in [0.29, 0.717) is 28.4 Å². The number of hydrogen-bond donors (Lipinski definition) is 1. The third-order valence-corrected chi connectivity index (χ3v) is 8.58. The Morgan fingerprint density at radius 2 is 1.77 bits per heavy atom. The van der Waals surface area contributed by atoms with Gasteiger partial charge in [0, 0.05) is 28.9 Å². The van der Waals surface area contributed by atoms with Gasteiger partial charge in [0.2, 0.25) is 15.9 Å². The first-order valence-corrected chi connectivity index (χ1v) is 12.0. The SMILES string of the molecule is COC(=O)c1c(NC(=O)C2CCN(S(=O)(=O)c3ccc(Cl)cc3)CC2)sc(C)c1C. The minimum absolute atomic E-state index is 0.182. The van der Waals surface area contributed by atoms with Gasteiger partial charge in [-0.1, -0.05) is 11.6 Å². The van der Waals surface area contributed by atoms with Gasteiger partial charge in [-0.15, -0.1) is 11.3 Å². The number of piperidine rings is 1. The van der Waals surface area contributed by atoms with E-state index in [-0.39, 0.29) is 29.8 Å². The second-order valence-electron chi connectivity index (χ2n) is 7.10. The summed E-state index contributed by atoms with van der Waals surface area (Å²) in [5.41, 5.74) is 1.15. The molecule has 1 aliphatic heterocycles. The summed E-state index contributed by atoms with van der Waals surface area (Å²) in [6.07, 6.45) is 0.797. The first-order valence-electron chi connectivity index (χ1n) is 9.40. The smallest absolute Gasteiger partial charge is 0.341 e. The third kappa shape index (κ3) is 4.54. The molecule has 30 heavy (non-hydrogen) atoms. The van der Waals surface area contributed by atoms with Gasteiger partial charge in [0.05, 0.1) is 17.6 Å². The number of nitrogens with zero attached hydrogens (tertiary/aromatic N) is 1. The van der Waals surface area contributed by atoms with E-state index in [9.17, 15) is 18.0 Å². The van der Waals surface area contributed by atoms with E-state index >= 15 is 0 Å². The molecule has 0 spiro atoms. The van der Waals surface area contributed by atoms with Crippen molar-refractivity contribution < 1.29 is 22.7 Å². The number of hydrogen-bond acceptors (Lipinski definition) is 6. The molecule has 0 saturated carbocycles. The van der Waals surface area contributed by atoms with Crippen LogP contribution in [0.25, 0.3) is 0 Å². The van der Waals surface area contributed by atoms with Crippen LogP contribution < -0.4 is 5.32 Å². The van der Waals surface area contributed by atoms with Gasteiger partial charge < -0.3 is 10.1 Å². The van der Waals surface area contributed by atoms with Crippen LogP contribution in [0.2, 0.25) is 5.02 Å². The topological polar surface area (TPSA) is 92.8 Å². The monoisotopic (exact) mass is 470 g/mol. The molecule has 2 heterocycles. The third-order valence-electron chi connectivity index (χ3n) is 5.29. The molecule has 1 N–H and O–H groups in total. The number of rotatable bonds is 5. The molecule has 0 bridgehead atoms. The molecule has 1 aromatic carbocycles. The molecule has 0 atom stereocenters. The fourth-order valence-corrected chi connectivity index (χ4v) is 6.04. The maximum atomic E-state index is 12.8. The zero-order valence-corrected chi connectivity index (χ0v) is 19.3. The van der Waals surface area contributed by atoms with E-state index in [2.05, 4.69) is 5.32 Å². The Bertz CT molecular complexity index is 1060. The number of anilines is 1. The van der Waals surface area contributed by atoms with Crippen LogP contribution in [0.5, 0.6) is 0 Å². The number of ether oxygens (including phenoxy) is 1. The van der Waals surface area contributed by atoms with Crippen LogP contribution in [-0.2, 0) is 19.6 Å². The van der Waals surface area contributed by atoms with Crippen LogP contribution in [0.1, 0.15) is 33.6 Å². The number of benzene rings is 1. The number of esters is 1. The van der Waals surface area contributed by atoms with Crippen LogP contribution in [0.3, 0.4) is 0 Å². The Labute approximate surface area is 185 Å². The molecule has 1 aromatic heterocycles. The van der Waals surface area contributed by atoms with Gasteiger partial charge in [-0.25, -0.2) is 13.2 Å². The molecule has 1 amide bonds. The highest BCUT2D eigenvalue weighted by Gasteiger charge is 2.33. The Morgan fingerprint density at radius 3 is 2.33 bits per heavy atom. The molecule has 10 heteroatoms. The molecule has 0 radical (unpaired) electrons. The first-order chi connectivity index (χ1) is 14.1. The number of methoxy groups -OCH3 is 1. The van der Waals surface area contributed by atoms with Gasteiger partial charge in [0.15, 0.2) is 0 Å². The maximum absolute atomic E-state index is 12.8. The summed E-state index contributed by atoms with van der Waals surface area (Å²) in [5.74, 6) is -1.05. The molecule has 1 saturated heterocycles. The van der Waals surface area contributed by atoms with Crippen molar-refractivity contribution >= 4 is 49.8 Å². The number of carbonyl (C=O) groups is 2. The van der Waals surface area contributed by atoms with E-state index in [0.717, 1.165) is 10.4 Å². The van der Waals surface area contributed by atoms with Crippen molar-refractivity contribution in [1.82, 2.24) is 4.31 Å². The predicted molar refractivity (Wildman–Crippen MR) is 117 cm³/mol. The van der Waals surface area contributed by atoms with Crippen molar-refractivity contribution in [3.05, 3.63) is 45.3 Å². The van der Waals surface area contributed by atoms with Gasteiger partial charge in [0.25, 0.3) is 0 Å². The van der Waals surface area contributed by atoms with Crippen LogP contribution >= 0.6 is 22.9 Å². The molecule has 162 valence electrons. The maximum Gasteiger partial charge on any atom is 0.341 e. The molecule has 0 unspecified atom stereocenters. The van der Waals surface area contributed by atoms with Gasteiger partial charge >= 0.3 is 5.97 Å². The van der Waals surface area contributed by atoms with Crippen molar-refractivity contribution in [3.8, 4) is 0 Å². The summed E-state index contributed by atoms with van der Waals surface area (Å²) in [6, 6.07) is 6.04. The first kappa shape index (κ1) is 22.7. The number of carbonyl (C=O) groups excluding carboxylic acids is 2. The van der Waals surface area contributed by atoms with Crippen LogP contribution in [-0.4, -0.2) is 44.8 Å². The average Bonchev–Trinajstić information content (AvgIpc) is 3.01. The second-order valence-corrected chi connectivity index (χ2v) is 10.7. The van der Waals surface area contributed by atoms with E-state index < -0.39 is 16.0 Å². The van der Waals surface area contributed by atoms with Crippen molar-refractivity contribution in [1.29, 1.82) is 0 Å². The Morgan fingerprint density at radius 1 is 1.17 bits per heavy atom. The molecule has 1 aliphatic rings. The quantitative estimate of drug-likeness (QED) is 0.670. The summed E-state index contributed by atoms with van der Waals surface area (Å²) in [4.78, 5) is 26.0. The van der Waals surface area contributed by atoms with Crippen LogP contribution in [0.4, 0.5) is 5.00 Å². The highest BCUT2D eigenvalue weighted by Crippen LogP contribution is 2.34. The van der Waals surface area contributed by atoms with Crippen LogP contribution in [0, 0.1) is 19.8 Å². The minimum Gasteiger partial charge on any atom is -0.465 e. The minimum atomic E-state index is -3.63. The van der Waals surface area contributed by atoms with Crippen molar-refractivity contribution in [2.24, 2.45) is 5.92 Å². The number of nitrogens with one attached hydrogen (secondary N) is 1. The van der Waals surface area contributed by atoms with E-state index in [1.54, 1.807) is 12.1 Å². The zero-order chi connectivity index (χ0) is 22.1. The van der Waals surface area contributed by atoms with E-state index in [1.807, 2.05) is 13.8 Å². The number of thiophene rings is 1. The number of amides is 1. The lowest BCUT2D eigenvalue weighted by Gasteiger charge is -2.30. The van der Waals surface area contributed by atoms with E-state index in [1.165, 1.54) is 34.9 Å². The summed E-state index contributed by atoms with van der Waals surface area (Å²) < 4.78 is 31.8. The van der Waals surface area contributed by atoms with Gasteiger partial charge in [0.1, 0.15) is 5.00 Å². The van der Waals surface area contributed by atoms with Crippen molar-refractivity contribution in [2.45, 2.75) is 31.6 Å². The molecule has 2 aromatic rings. The number of sulfonamides is 1. The highest BCUT2D eigenvalue weighted by atomic mass is 35.5. The standard InChI is InChI=1S/C20H23ClN2O5S2/c1-12-13(2)29-19(17(12)20(25)28-3)22-18(24)14-8-10-23(11-9-14)30(26,27)16-6-4-15(21)5-7-16/h4-7,14H,8-11H2,1-3H3,(H,22,24). The molecule has 3 rings (SSSR count). The Kier molecular flexibility index (Phi) is 6.86. The van der Waals surface area contributed by atoms with Crippen LogP contribution in [0.15, 0.2) is 29.2 Å². The summed E-state index contributed by atoms with van der Waals surface area (Å²) >= 11 is 7.17.